The van der Waals surface area contributed by atoms with Gasteiger partial charge in [0, 0.05) is 30.9 Å². The van der Waals surface area contributed by atoms with Crippen LogP contribution in [-0.4, -0.2) is 37.2 Å². The van der Waals surface area contributed by atoms with Crippen LogP contribution in [0.4, 0.5) is 14.6 Å². The van der Waals surface area contributed by atoms with Crippen LogP contribution in [0.2, 0.25) is 0 Å². The largest absolute Gasteiger partial charge is 0.378 e. The Bertz CT molecular complexity index is 764. The predicted octanol–water partition coefficient (Wildman–Crippen LogP) is 2.69. The first-order valence-electron chi connectivity index (χ1n) is 8.10. The van der Waals surface area contributed by atoms with Crippen LogP contribution in [0.25, 0.3) is 0 Å². The fraction of sp³-hybridized carbons (Fsp3) is 0.333. The molecule has 3 rings (SSSR count). The first-order valence-corrected chi connectivity index (χ1v) is 8.10. The summed E-state index contributed by atoms with van der Waals surface area (Å²) in [4.78, 5) is 19.0. The normalized spacial score (nSPS) is 15.7. The highest BCUT2D eigenvalue weighted by molar-refractivity contribution is 5.99. The Morgan fingerprint density at radius 1 is 1.28 bits per heavy atom. The Morgan fingerprint density at radius 2 is 2.04 bits per heavy atom. The van der Waals surface area contributed by atoms with Gasteiger partial charge in [-0.3, -0.25) is 4.79 Å². The summed E-state index contributed by atoms with van der Waals surface area (Å²) in [6, 6.07) is 6.07. The number of amides is 1. The van der Waals surface area contributed by atoms with Crippen molar-refractivity contribution in [2.45, 2.75) is 13.0 Å². The monoisotopic (exact) mass is 347 g/mol. The van der Waals surface area contributed by atoms with Crippen molar-refractivity contribution in [3.8, 4) is 0 Å². The number of hydrogen-bond acceptors (Lipinski definition) is 4. The molecule has 1 aromatic carbocycles. The highest BCUT2D eigenvalue weighted by Crippen LogP contribution is 2.21. The van der Waals surface area contributed by atoms with E-state index in [2.05, 4.69) is 10.3 Å². The van der Waals surface area contributed by atoms with Crippen molar-refractivity contribution in [1.29, 1.82) is 0 Å². The zero-order chi connectivity index (χ0) is 17.8. The molecule has 1 N–H and O–H groups in total. The Hall–Kier alpha value is -2.54. The minimum absolute atomic E-state index is 0.228. The zero-order valence-electron chi connectivity index (χ0n) is 13.8. The number of ether oxygens (including phenoxy) is 1. The number of nitrogens with zero attached hydrogens (tertiary/aromatic N) is 2. The van der Waals surface area contributed by atoms with Crippen LogP contribution in [0, 0.1) is 11.6 Å². The van der Waals surface area contributed by atoms with Gasteiger partial charge in [-0.25, -0.2) is 13.8 Å². The molecule has 25 heavy (non-hydrogen) atoms. The van der Waals surface area contributed by atoms with Gasteiger partial charge < -0.3 is 15.0 Å². The Morgan fingerprint density at radius 3 is 2.76 bits per heavy atom. The van der Waals surface area contributed by atoms with E-state index in [1.54, 1.807) is 25.3 Å². The first-order chi connectivity index (χ1) is 12.1. The minimum Gasteiger partial charge on any atom is -0.378 e. The fourth-order valence-electron chi connectivity index (χ4n) is 2.81. The summed E-state index contributed by atoms with van der Waals surface area (Å²) < 4.78 is 32.3. The Kier molecular flexibility index (Phi) is 5.23. The average molecular weight is 347 g/mol. The van der Waals surface area contributed by atoms with E-state index in [0.717, 1.165) is 6.07 Å². The molecule has 1 fully saturated rings. The van der Waals surface area contributed by atoms with E-state index in [1.165, 1.54) is 12.1 Å². The van der Waals surface area contributed by atoms with Gasteiger partial charge in [0.2, 0.25) is 0 Å². The molecule has 1 aliphatic rings. The number of halogens is 2. The summed E-state index contributed by atoms with van der Waals surface area (Å²) in [5.41, 5.74) is 0.644. The van der Waals surface area contributed by atoms with Gasteiger partial charge >= 0.3 is 0 Å². The highest BCUT2D eigenvalue weighted by atomic mass is 19.1. The number of anilines is 1. The predicted molar refractivity (Wildman–Crippen MR) is 89.5 cm³/mol. The molecular formula is C18H19F2N3O2. The van der Waals surface area contributed by atoms with Gasteiger partial charge in [0.15, 0.2) is 0 Å². The van der Waals surface area contributed by atoms with Crippen molar-refractivity contribution in [3.63, 3.8) is 0 Å². The number of carbonyl (C=O) groups excluding carboxylic acids is 1. The second kappa shape index (κ2) is 7.57. The van der Waals surface area contributed by atoms with Crippen molar-refractivity contribution < 1.29 is 18.3 Å². The summed E-state index contributed by atoms with van der Waals surface area (Å²) in [5, 5.41) is 2.75. The molecule has 0 spiro atoms. The lowest BCUT2D eigenvalue weighted by Gasteiger charge is -2.29. The lowest BCUT2D eigenvalue weighted by molar-refractivity contribution is 0.0937. The van der Waals surface area contributed by atoms with Gasteiger partial charge in [0.05, 0.1) is 24.8 Å². The third kappa shape index (κ3) is 3.93. The van der Waals surface area contributed by atoms with Crippen molar-refractivity contribution >= 4 is 11.7 Å². The van der Waals surface area contributed by atoms with E-state index >= 15 is 0 Å². The summed E-state index contributed by atoms with van der Waals surface area (Å²) in [6.07, 6.45) is 1.63. The highest BCUT2D eigenvalue weighted by Gasteiger charge is 2.22. The van der Waals surface area contributed by atoms with Crippen LogP contribution in [-0.2, 0) is 4.74 Å². The Balaban J connectivity index is 1.79. The number of hydrogen-bond donors (Lipinski definition) is 1. The first kappa shape index (κ1) is 17.3. The molecule has 1 atom stereocenters. The molecule has 0 radical (unpaired) electrons. The SMILES string of the molecule is CC(NC(=O)c1cccnc1N1CCOCC1)c1ccc(F)cc1F. The number of pyridine rings is 1. The number of rotatable bonds is 4. The van der Waals surface area contributed by atoms with Crippen LogP contribution in [0.1, 0.15) is 28.9 Å². The van der Waals surface area contributed by atoms with Gasteiger partial charge in [-0.15, -0.1) is 0 Å². The van der Waals surface area contributed by atoms with Crippen molar-refractivity contribution in [2.24, 2.45) is 0 Å². The third-order valence-electron chi connectivity index (χ3n) is 4.12. The molecule has 132 valence electrons. The quantitative estimate of drug-likeness (QED) is 0.924. The molecular weight excluding hydrogens is 328 g/mol. The molecule has 1 amide bonds. The van der Waals surface area contributed by atoms with Gasteiger partial charge in [0.1, 0.15) is 17.5 Å². The summed E-state index contributed by atoms with van der Waals surface area (Å²) in [5.74, 6) is -1.12. The molecule has 1 aliphatic heterocycles. The average Bonchev–Trinajstić information content (AvgIpc) is 2.62. The lowest BCUT2D eigenvalue weighted by atomic mass is 10.1. The number of benzene rings is 1. The summed E-state index contributed by atoms with van der Waals surface area (Å²) in [6.45, 7) is 4.11. The number of morpholine rings is 1. The Labute approximate surface area is 144 Å². The van der Waals surface area contributed by atoms with Gasteiger partial charge in [-0.05, 0) is 25.1 Å². The van der Waals surface area contributed by atoms with Crippen molar-refractivity contribution in [1.82, 2.24) is 10.3 Å². The van der Waals surface area contributed by atoms with E-state index in [4.69, 9.17) is 4.74 Å². The number of aromatic nitrogens is 1. The van der Waals surface area contributed by atoms with Crippen LogP contribution >= 0.6 is 0 Å². The van der Waals surface area contributed by atoms with Crippen LogP contribution in [0.15, 0.2) is 36.5 Å². The van der Waals surface area contributed by atoms with E-state index in [0.29, 0.717) is 37.7 Å². The van der Waals surface area contributed by atoms with E-state index in [-0.39, 0.29) is 11.5 Å². The van der Waals surface area contributed by atoms with Gasteiger partial charge in [0.25, 0.3) is 5.91 Å². The maximum absolute atomic E-state index is 13.9. The van der Waals surface area contributed by atoms with Crippen molar-refractivity contribution in [2.75, 3.05) is 31.2 Å². The molecule has 1 unspecified atom stereocenters. The second-order valence-corrected chi connectivity index (χ2v) is 5.83. The molecule has 2 aromatic rings. The van der Waals surface area contributed by atoms with Gasteiger partial charge in [-0.2, -0.15) is 0 Å². The van der Waals surface area contributed by atoms with Crippen LogP contribution in [0.5, 0.6) is 0 Å². The van der Waals surface area contributed by atoms with Crippen molar-refractivity contribution in [3.05, 3.63) is 59.3 Å². The zero-order valence-corrected chi connectivity index (χ0v) is 13.8. The molecule has 0 saturated carbocycles. The maximum atomic E-state index is 13.9. The van der Waals surface area contributed by atoms with Gasteiger partial charge in [-0.1, -0.05) is 6.07 Å². The molecule has 2 heterocycles. The molecule has 5 nitrogen and oxygen atoms in total. The summed E-state index contributed by atoms with van der Waals surface area (Å²) in [7, 11) is 0. The van der Waals surface area contributed by atoms with E-state index < -0.39 is 17.7 Å². The second-order valence-electron chi connectivity index (χ2n) is 5.83. The number of nitrogens with one attached hydrogen (secondary N) is 1. The van der Waals surface area contributed by atoms with Crippen LogP contribution < -0.4 is 10.2 Å². The van der Waals surface area contributed by atoms with E-state index in [9.17, 15) is 13.6 Å². The fourth-order valence-corrected chi connectivity index (χ4v) is 2.81. The van der Waals surface area contributed by atoms with E-state index in [1.807, 2.05) is 4.90 Å². The molecule has 1 saturated heterocycles. The maximum Gasteiger partial charge on any atom is 0.255 e. The number of carbonyl (C=O) groups is 1. The topological polar surface area (TPSA) is 54.5 Å². The summed E-state index contributed by atoms with van der Waals surface area (Å²) >= 11 is 0. The molecule has 0 aliphatic carbocycles. The smallest absolute Gasteiger partial charge is 0.255 e. The molecule has 7 heteroatoms. The molecule has 1 aromatic heterocycles. The lowest BCUT2D eigenvalue weighted by Crippen LogP contribution is -2.38. The standard InChI is InChI=1S/C18H19F2N3O2/c1-12(14-5-4-13(19)11-16(14)20)22-18(24)15-3-2-6-21-17(15)23-7-9-25-10-8-23/h2-6,11-12H,7-10H2,1H3,(H,22,24). The van der Waals surface area contributed by atoms with Crippen LogP contribution in [0.3, 0.4) is 0 Å². The minimum atomic E-state index is -0.688. The molecule has 0 bridgehead atoms. The third-order valence-corrected chi connectivity index (χ3v) is 4.12.